The summed E-state index contributed by atoms with van der Waals surface area (Å²) in [6.07, 6.45) is 7.50. The molecule has 0 bridgehead atoms. The Kier molecular flexibility index (Phi) is 8.16. The predicted octanol–water partition coefficient (Wildman–Crippen LogP) is 2.16. The van der Waals surface area contributed by atoms with Crippen molar-refractivity contribution in [1.29, 1.82) is 5.26 Å². The van der Waals surface area contributed by atoms with Crippen molar-refractivity contribution in [2.24, 2.45) is 0 Å². The molecule has 0 spiro atoms. The van der Waals surface area contributed by atoms with E-state index < -0.39 is 0 Å². The minimum atomic E-state index is 0.491. The van der Waals surface area contributed by atoms with Gasteiger partial charge in [-0.15, -0.1) is 11.8 Å². The Hall–Kier alpha value is -1.01. The standard InChI is InChI=1S/C8H13NO2/c1-2-3-4-5-6-7-10-11-8-9/h2H,1,3-7H2. The van der Waals surface area contributed by atoms with Gasteiger partial charge in [0.25, 0.3) is 0 Å². The van der Waals surface area contributed by atoms with Crippen LogP contribution in [0, 0.1) is 11.5 Å². The molecule has 0 saturated heterocycles. The molecule has 0 fully saturated rings. The third-order valence-corrected chi connectivity index (χ3v) is 1.23. The van der Waals surface area contributed by atoms with E-state index in [0.29, 0.717) is 6.61 Å². The average molecular weight is 155 g/mol. The fraction of sp³-hybridized carbons (Fsp3) is 0.625. The molecule has 0 aromatic rings. The van der Waals surface area contributed by atoms with Crippen LogP contribution < -0.4 is 0 Å². The molecule has 0 heterocycles. The van der Waals surface area contributed by atoms with Gasteiger partial charge < -0.3 is 0 Å². The van der Waals surface area contributed by atoms with E-state index in [1.54, 1.807) is 0 Å². The van der Waals surface area contributed by atoms with Crippen molar-refractivity contribution in [3.63, 3.8) is 0 Å². The van der Waals surface area contributed by atoms with Crippen LogP contribution in [0.2, 0.25) is 0 Å². The van der Waals surface area contributed by atoms with Crippen LogP contribution in [0.15, 0.2) is 12.7 Å². The van der Waals surface area contributed by atoms with Gasteiger partial charge in [-0.3, -0.25) is 4.89 Å². The summed E-state index contributed by atoms with van der Waals surface area (Å²) in [5.74, 6) is 0. The highest BCUT2D eigenvalue weighted by molar-refractivity contribution is 4.65. The lowest BCUT2D eigenvalue weighted by Crippen LogP contribution is -1.91. The van der Waals surface area contributed by atoms with Crippen LogP contribution >= 0.6 is 0 Å². The molecular formula is C8H13NO2. The van der Waals surface area contributed by atoms with Crippen molar-refractivity contribution in [3.8, 4) is 6.26 Å². The average Bonchev–Trinajstić information content (AvgIpc) is 2.03. The first kappa shape index (κ1) is 9.99. The molecule has 0 rings (SSSR count). The van der Waals surface area contributed by atoms with Crippen molar-refractivity contribution in [3.05, 3.63) is 12.7 Å². The Morgan fingerprint density at radius 3 is 2.82 bits per heavy atom. The quantitative estimate of drug-likeness (QED) is 0.186. The predicted molar refractivity (Wildman–Crippen MR) is 41.3 cm³/mol. The SMILES string of the molecule is C=CCCCCCOOC#N. The lowest BCUT2D eigenvalue weighted by atomic mass is 10.2. The fourth-order valence-electron chi connectivity index (χ4n) is 0.694. The van der Waals surface area contributed by atoms with Crippen molar-refractivity contribution < 1.29 is 9.78 Å². The number of allylic oxidation sites excluding steroid dienone is 1. The van der Waals surface area contributed by atoms with Crippen molar-refractivity contribution in [2.75, 3.05) is 6.61 Å². The smallest absolute Gasteiger partial charge is 0.254 e. The second-order valence-corrected chi connectivity index (χ2v) is 2.13. The minimum Gasteiger partial charge on any atom is -0.254 e. The van der Waals surface area contributed by atoms with Crippen LogP contribution in [-0.4, -0.2) is 6.61 Å². The molecule has 0 saturated carbocycles. The number of hydrogen-bond donors (Lipinski definition) is 0. The molecule has 0 N–H and O–H groups in total. The van der Waals surface area contributed by atoms with Crippen LogP contribution in [0.1, 0.15) is 25.7 Å². The summed E-state index contributed by atoms with van der Waals surface area (Å²) in [6, 6.07) is 0. The van der Waals surface area contributed by atoms with Crippen molar-refractivity contribution in [2.45, 2.75) is 25.7 Å². The summed E-state index contributed by atoms with van der Waals surface area (Å²) < 4.78 is 0. The third kappa shape index (κ3) is 8.99. The number of rotatable bonds is 7. The van der Waals surface area contributed by atoms with E-state index in [2.05, 4.69) is 16.4 Å². The molecule has 3 heteroatoms. The van der Waals surface area contributed by atoms with E-state index >= 15 is 0 Å². The molecular weight excluding hydrogens is 142 g/mol. The summed E-state index contributed by atoms with van der Waals surface area (Å²) in [6.45, 7) is 4.10. The molecule has 0 atom stereocenters. The number of hydrogen-bond acceptors (Lipinski definition) is 3. The molecule has 0 aromatic carbocycles. The summed E-state index contributed by atoms with van der Waals surface area (Å²) >= 11 is 0. The monoisotopic (exact) mass is 155 g/mol. The molecule has 0 aliphatic carbocycles. The van der Waals surface area contributed by atoms with E-state index in [1.807, 2.05) is 6.08 Å². The second-order valence-electron chi connectivity index (χ2n) is 2.13. The molecule has 11 heavy (non-hydrogen) atoms. The summed E-state index contributed by atoms with van der Waals surface area (Å²) in [5, 5.41) is 7.90. The van der Waals surface area contributed by atoms with Crippen LogP contribution in [-0.2, 0) is 9.78 Å². The topological polar surface area (TPSA) is 42.2 Å². The minimum absolute atomic E-state index is 0.491. The molecule has 0 unspecified atom stereocenters. The number of nitrogens with zero attached hydrogens (tertiary/aromatic N) is 1. The van der Waals surface area contributed by atoms with E-state index in [9.17, 15) is 0 Å². The Morgan fingerprint density at radius 1 is 1.36 bits per heavy atom. The van der Waals surface area contributed by atoms with Crippen molar-refractivity contribution >= 4 is 0 Å². The molecule has 0 radical (unpaired) electrons. The lowest BCUT2D eigenvalue weighted by molar-refractivity contribution is -0.239. The van der Waals surface area contributed by atoms with Gasteiger partial charge in [-0.1, -0.05) is 12.5 Å². The van der Waals surface area contributed by atoms with Crippen molar-refractivity contribution in [1.82, 2.24) is 0 Å². The van der Waals surface area contributed by atoms with Gasteiger partial charge in [0.05, 0.1) is 6.61 Å². The van der Waals surface area contributed by atoms with Gasteiger partial charge in [-0.05, 0) is 19.3 Å². The van der Waals surface area contributed by atoms with Gasteiger partial charge >= 0.3 is 6.26 Å². The fourth-order valence-corrected chi connectivity index (χ4v) is 0.694. The maximum atomic E-state index is 7.90. The maximum Gasteiger partial charge on any atom is 0.324 e. The summed E-state index contributed by atoms with van der Waals surface area (Å²) in [4.78, 5) is 8.50. The van der Waals surface area contributed by atoms with Crippen LogP contribution in [0.3, 0.4) is 0 Å². The number of unbranched alkanes of at least 4 members (excludes halogenated alkanes) is 3. The van der Waals surface area contributed by atoms with Crippen LogP contribution in [0.25, 0.3) is 0 Å². The lowest BCUT2D eigenvalue weighted by Gasteiger charge is -1.96. The Balaban J connectivity index is 2.80. The van der Waals surface area contributed by atoms with Crippen LogP contribution in [0.5, 0.6) is 0 Å². The van der Waals surface area contributed by atoms with Gasteiger partial charge in [0.15, 0.2) is 0 Å². The molecule has 0 amide bonds. The molecule has 0 aromatic heterocycles. The Bertz CT molecular complexity index is 129. The van der Waals surface area contributed by atoms with E-state index in [4.69, 9.17) is 5.26 Å². The highest BCUT2D eigenvalue weighted by atomic mass is 17.2. The zero-order valence-corrected chi connectivity index (χ0v) is 6.58. The Morgan fingerprint density at radius 2 is 2.18 bits per heavy atom. The first-order chi connectivity index (χ1) is 5.41. The van der Waals surface area contributed by atoms with Crippen LogP contribution in [0.4, 0.5) is 0 Å². The van der Waals surface area contributed by atoms with E-state index in [1.165, 1.54) is 6.26 Å². The first-order valence-corrected chi connectivity index (χ1v) is 3.70. The van der Waals surface area contributed by atoms with Gasteiger partial charge in [0.2, 0.25) is 0 Å². The maximum absolute atomic E-state index is 7.90. The summed E-state index contributed by atoms with van der Waals surface area (Å²) in [7, 11) is 0. The molecule has 0 aliphatic heterocycles. The summed E-state index contributed by atoms with van der Waals surface area (Å²) in [5.41, 5.74) is 0. The van der Waals surface area contributed by atoms with E-state index in [0.717, 1.165) is 25.7 Å². The highest BCUT2D eigenvalue weighted by Crippen LogP contribution is 1.99. The van der Waals surface area contributed by atoms with Gasteiger partial charge in [0, 0.05) is 0 Å². The molecule has 62 valence electrons. The zero-order chi connectivity index (χ0) is 8.36. The van der Waals surface area contributed by atoms with Gasteiger partial charge in [-0.25, -0.2) is 0 Å². The Labute approximate surface area is 67.2 Å². The largest absolute Gasteiger partial charge is 0.324 e. The highest BCUT2D eigenvalue weighted by Gasteiger charge is 1.88. The third-order valence-electron chi connectivity index (χ3n) is 1.23. The second kappa shape index (κ2) is 8.99. The molecule has 0 aliphatic rings. The normalized spacial score (nSPS) is 8.64. The van der Waals surface area contributed by atoms with E-state index in [-0.39, 0.29) is 0 Å². The number of nitriles is 1. The molecule has 3 nitrogen and oxygen atoms in total. The zero-order valence-electron chi connectivity index (χ0n) is 6.58. The van der Waals surface area contributed by atoms with Gasteiger partial charge in [-0.2, -0.15) is 4.89 Å². The van der Waals surface area contributed by atoms with Gasteiger partial charge in [0.1, 0.15) is 0 Å². The first-order valence-electron chi connectivity index (χ1n) is 3.70.